The first-order valence-electron chi connectivity index (χ1n) is 6.54. The fourth-order valence-corrected chi connectivity index (χ4v) is 2.63. The molecule has 6 nitrogen and oxygen atoms in total. The molecule has 0 radical (unpaired) electrons. The maximum absolute atomic E-state index is 12.4. The van der Waals surface area contributed by atoms with Crippen molar-refractivity contribution in [1.82, 2.24) is 25.1 Å². The highest BCUT2D eigenvalue weighted by Crippen LogP contribution is 2.25. The molecule has 2 N–H and O–H groups in total. The zero-order valence-corrected chi connectivity index (χ0v) is 10.9. The molecule has 3 heterocycles. The lowest BCUT2D eigenvalue weighted by Crippen LogP contribution is -2.39. The van der Waals surface area contributed by atoms with Crippen LogP contribution in [0.5, 0.6) is 0 Å². The van der Waals surface area contributed by atoms with Gasteiger partial charge < -0.3 is 9.88 Å². The first kappa shape index (κ1) is 12.0. The summed E-state index contributed by atoms with van der Waals surface area (Å²) >= 11 is 0. The molecule has 2 aromatic heterocycles. The van der Waals surface area contributed by atoms with Crippen LogP contribution in [0.2, 0.25) is 0 Å². The van der Waals surface area contributed by atoms with Crippen LogP contribution in [-0.4, -0.2) is 44.1 Å². The molecule has 0 spiro atoms. The van der Waals surface area contributed by atoms with Crippen LogP contribution in [0, 0.1) is 6.92 Å². The van der Waals surface area contributed by atoms with Crippen LogP contribution in [0.1, 0.15) is 40.6 Å². The quantitative estimate of drug-likeness (QED) is 0.857. The number of likely N-dealkylation sites (tertiary alicyclic amines) is 1. The first-order valence-corrected chi connectivity index (χ1v) is 6.54. The number of carbonyl (C=O) groups is 1. The van der Waals surface area contributed by atoms with Gasteiger partial charge in [-0.25, -0.2) is 4.98 Å². The van der Waals surface area contributed by atoms with Crippen molar-refractivity contribution in [2.75, 3.05) is 13.1 Å². The Labute approximate surface area is 111 Å². The molecule has 100 valence electrons. The lowest BCUT2D eigenvalue weighted by Gasteiger charge is -2.31. The molecule has 1 aliphatic rings. The Morgan fingerprint density at radius 2 is 2.42 bits per heavy atom. The Bertz CT molecular complexity index is 559. The molecular formula is C13H17N5O. The number of amides is 1. The van der Waals surface area contributed by atoms with E-state index in [1.54, 1.807) is 6.20 Å². The summed E-state index contributed by atoms with van der Waals surface area (Å²) in [4.78, 5) is 21.6. The lowest BCUT2D eigenvalue weighted by atomic mass is 9.97. The van der Waals surface area contributed by atoms with Gasteiger partial charge >= 0.3 is 0 Å². The second-order valence-corrected chi connectivity index (χ2v) is 5.00. The average Bonchev–Trinajstić information content (AvgIpc) is 3.09. The number of H-pyrrole nitrogens is 2. The second-order valence-electron chi connectivity index (χ2n) is 5.00. The number of aromatic amines is 2. The van der Waals surface area contributed by atoms with Crippen LogP contribution in [0.25, 0.3) is 0 Å². The third kappa shape index (κ3) is 2.25. The van der Waals surface area contributed by atoms with Gasteiger partial charge in [-0.2, -0.15) is 5.10 Å². The van der Waals surface area contributed by atoms with Crippen LogP contribution < -0.4 is 0 Å². The van der Waals surface area contributed by atoms with Gasteiger partial charge in [0.2, 0.25) is 0 Å². The Hall–Kier alpha value is -2.11. The minimum atomic E-state index is 0.0757. The van der Waals surface area contributed by atoms with E-state index in [1.165, 1.54) is 6.33 Å². The zero-order chi connectivity index (χ0) is 13.2. The molecule has 6 heteroatoms. The molecule has 3 rings (SSSR count). The van der Waals surface area contributed by atoms with E-state index in [4.69, 9.17) is 0 Å². The van der Waals surface area contributed by atoms with Crippen molar-refractivity contribution in [3.05, 3.63) is 35.7 Å². The fourth-order valence-electron chi connectivity index (χ4n) is 2.63. The topological polar surface area (TPSA) is 77.7 Å². The van der Waals surface area contributed by atoms with Gasteiger partial charge in [-0.1, -0.05) is 0 Å². The molecule has 1 amide bonds. The fraction of sp³-hybridized carbons (Fsp3) is 0.462. The molecule has 0 bridgehead atoms. The van der Waals surface area contributed by atoms with Crippen molar-refractivity contribution in [2.45, 2.75) is 25.7 Å². The molecule has 1 aliphatic heterocycles. The molecule has 1 saturated heterocycles. The standard InChI is InChI=1S/C13H17N5O/c1-9-4-5-14-11(9)13(19)18-6-2-3-10(7-18)12-15-8-16-17-12/h4-5,8,10,14H,2-3,6-7H2,1H3,(H,15,16,17). The molecule has 2 aromatic rings. The van der Waals surface area contributed by atoms with Gasteiger partial charge in [0, 0.05) is 25.2 Å². The van der Waals surface area contributed by atoms with Crippen LogP contribution in [-0.2, 0) is 0 Å². The van der Waals surface area contributed by atoms with Gasteiger partial charge in [0.1, 0.15) is 17.8 Å². The van der Waals surface area contributed by atoms with Gasteiger partial charge in [0.05, 0.1) is 0 Å². The molecule has 19 heavy (non-hydrogen) atoms. The number of nitrogens with one attached hydrogen (secondary N) is 2. The summed E-state index contributed by atoms with van der Waals surface area (Å²) in [5, 5.41) is 6.79. The normalized spacial score (nSPS) is 19.6. The summed E-state index contributed by atoms with van der Waals surface area (Å²) in [5.74, 6) is 1.21. The van der Waals surface area contributed by atoms with E-state index in [-0.39, 0.29) is 11.8 Å². The van der Waals surface area contributed by atoms with Crippen molar-refractivity contribution in [3.8, 4) is 0 Å². The number of rotatable bonds is 2. The number of aryl methyl sites for hydroxylation is 1. The number of hydrogen-bond acceptors (Lipinski definition) is 3. The van der Waals surface area contributed by atoms with E-state index < -0.39 is 0 Å². The summed E-state index contributed by atoms with van der Waals surface area (Å²) in [6.45, 7) is 3.45. The van der Waals surface area contributed by atoms with E-state index in [2.05, 4.69) is 20.2 Å². The van der Waals surface area contributed by atoms with E-state index in [0.717, 1.165) is 30.8 Å². The van der Waals surface area contributed by atoms with E-state index in [0.29, 0.717) is 12.2 Å². The van der Waals surface area contributed by atoms with Crippen molar-refractivity contribution < 1.29 is 4.79 Å². The maximum atomic E-state index is 12.4. The van der Waals surface area contributed by atoms with E-state index >= 15 is 0 Å². The zero-order valence-electron chi connectivity index (χ0n) is 10.9. The van der Waals surface area contributed by atoms with E-state index in [1.807, 2.05) is 17.9 Å². The Kier molecular flexibility index (Phi) is 3.06. The SMILES string of the molecule is Cc1cc[nH]c1C(=O)N1CCCC(c2ncn[nH]2)C1. The first-order chi connectivity index (χ1) is 9.25. The monoisotopic (exact) mass is 259 g/mol. The number of piperidine rings is 1. The predicted molar refractivity (Wildman–Crippen MR) is 69.8 cm³/mol. The van der Waals surface area contributed by atoms with Crippen LogP contribution in [0.15, 0.2) is 18.6 Å². The number of hydrogen-bond donors (Lipinski definition) is 2. The van der Waals surface area contributed by atoms with Crippen molar-refractivity contribution in [2.24, 2.45) is 0 Å². The second kappa shape index (κ2) is 4.87. The summed E-state index contributed by atoms with van der Waals surface area (Å²) < 4.78 is 0. The average molecular weight is 259 g/mol. The Balaban J connectivity index is 1.75. The van der Waals surface area contributed by atoms with Crippen molar-refractivity contribution >= 4 is 5.91 Å². The van der Waals surface area contributed by atoms with Gasteiger partial charge in [-0.3, -0.25) is 9.89 Å². The molecular weight excluding hydrogens is 242 g/mol. The predicted octanol–water partition coefficient (Wildman–Crippen LogP) is 1.46. The number of aromatic nitrogens is 4. The Morgan fingerprint density at radius 3 is 3.11 bits per heavy atom. The Morgan fingerprint density at radius 1 is 1.53 bits per heavy atom. The summed E-state index contributed by atoms with van der Waals surface area (Å²) in [6, 6.07) is 1.92. The maximum Gasteiger partial charge on any atom is 0.270 e. The van der Waals surface area contributed by atoms with Crippen molar-refractivity contribution in [3.63, 3.8) is 0 Å². The minimum Gasteiger partial charge on any atom is -0.357 e. The number of nitrogens with zero attached hydrogens (tertiary/aromatic N) is 3. The highest BCUT2D eigenvalue weighted by molar-refractivity contribution is 5.93. The van der Waals surface area contributed by atoms with Gasteiger partial charge in [0.25, 0.3) is 5.91 Å². The smallest absolute Gasteiger partial charge is 0.270 e. The van der Waals surface area contributed by atoms with Crippen LogP contribution in [0.4, 0.5) is 0 Å². The highest BCUT2D eigenvalue weighted by Gasteiger charge is 2.27. The highest BCUT2D eigenvalue weighted by atomic mass is 16.2. The minimum absolute atomic E-state index is 0.0757. The largest absolute Gasteiger partial charge is 0.357 e. The molecule has 1 unspecified atom stereocenters. The van der Waals surface area contributed by atoms with Crippen molar-refractivity contribution in [1.29, 1.82) is 0 Å². The van der Waals surface area contributed by atoms with Crippen LogP contribution >= 0.6 is 0 Å². The van der Waals surface area contributed by atoms with Gasteiger partial charge in [0.15, 0.2) is 0 Å². The third-order valence-electron chi connectivity index (χ3n) is 3.70. The van der Waals surface area contributed by atoms with E-state index in [9.17, 15) is 4.79 Å². The molecule has 0 saturated carbocycles. The summed E-state index contributed by atoms with van der Waals surface area (Å²) in [5.41, 5.74) is 1.69. The number of carbonyl (C=O) groups excluding carboxylic acids is 1. The van der Waals surface area contributed by atoms with Gasteiger partial charge in [-0.15, -0.1) is 0 Å². The van der Waals surface area contributed by atoms with Gasteiger partial charge in [-0.05, 0) is 31.4 Å². The molecule has 1 atom stereocenters. The summed E-state index contributed by atoms with van der Waals surface area (Å²) in [7, 11) is 0. The molecule has 0 aliphatic carbocycles. The summed E-state index contributed by atoms with van der Waals surface area (Å²) in [6.07, 6.45) is 5.37. The molecule has 0 aromatic carbocycles. The third-order valence-corrected chi connectivity index (χ3v) is 3.70. The molecule has 1 fully saturated rings. The lowest BCUT2D eigenvalue weighted by molar-refractivity contribution is 0.0698. The van der Waals surface area contributed by atoms with Crippen LogP contribution in [0.3, 0.4) is 0 Å².